The van der Waals surface area contributed by atoms with E-state index in [4.69, 9.17) is 4.74 Å². The number of carbonyl (C=O) groups is 1. The van der Waals surface area contributed by atoms with Crippen molar-refractivity contribution >= 4 is 17.3 Å². The summed E-state index contributed by atoms with van der Waals surface area (Å²) >= 11 is 0. The number of ether oxygens (including phenoxy) is 1. The molecule has 6 heteroatoms. The molecule has 2 rings (SSSR count). The Morgan fingerprint density at radius 3 is 2.59 bits per heavy atom. The number of anilines is 1. The average molecular weight is 300 g/mol. The van der Waals surface area contributed by atoms with Crippen LogP contribution in [-0.2, 0) is 4.79 Å². The minimum atomic E-state index is -0.527. The zero-order chi connectivity index (χ0) is 16.1. The smallest absolute Gasteiger partial charge is 0.311 e. The Kier molecular flexibility index (Phi) is 4.73. The summed E-state index contributed by atoms with van der Waals surface area (Å²) < 4.78 is 5.26. The molecule has 114 valence electrons. The highest BCUT2D eigenvalue weighted by Gasteiger charge is 2.16. The van der Waals surface area contributed by atoms with Crippen LogP contribution in [0.2, 0.25) is 0 Å². The van der Waals surface area contributed by atoms with Gasteiger partial charge in [0.05, 0.1) is 4.92 Å². The van der Waals surface area contributed by atoms with E-state index in [0.29, 0.717) is 5.69 Å². The van der Waals surface area contributed by atoms with Crippen molar-refractivity contribution < 1.29 is 14.5 Å². The highest BCUT2D eigenvalue weighted by Crippen LogP contribution is 2.27. The Balaban J connectivity index is 2.01. The monoisotopic (exact) mass is 300 g/mol. The molecular formula is C16H16N2O4. The number of aryl methyl sites for hydroxylation is 2. The van der Waals surface area contributed by atoms with Gasteiger partial charge in [0, 0.05) is 11.8 Å². The van der Waals surface area contributed by atoms with E-state index >= 15 is 0 Å². The average Bonchev–Trinajstić information content (AvgIpc) is 2.45. The van der Waals surface area contributed by atoms with Gasteiger partial charge in [0.25, 0.3) is 5.91 Å². The Morgan fingerprint density at radius 1 is 1.18 bits per heavy atom. The number of hydrogen-bond donors (Lipinski definition) is 1. The predicted octanol–water partition coefficient (Wildman–Crippen LogP) is 3.23. The first-order chi connectivity index (χ1) is 10.5. The van der Waals surface area contributed by atoms with Gasteiger partial charge in [0.1, 0.15) is 0 Å². The topological polar surface area (TPSA) is 81.5 Å². The third-order valence-corrected chi connectivity index (χ3v) is 2.97. The number of carbonyl (C=O) groups excluding carboxylic acids is 1. The number of rotatable bonds is 5. The predicted molar refractivity (Wildman–Crippen MR) is 83.1 cm³/mol. The summed E-state index contributed by atoms with van der Waals surface area (Å²) in [5.74, 6) is -0.296. The number of nitro benzene ring substituents is 1. The molecule has 0 saturated heterocycles. The van der Waals surface area contributed by atoms with Crippen LogP contribution in [0.15, 0.2) is 42.5 Å². The molecule has 0 saturated carbocycles. The van der Waals surface area contributed by atoms with Gasteiger partial charge in [0.15, 0.2) is 12.4 Å². The molecule has 1 N–H and O–H groups in total. The summed E-state index contributed by atoms with van der Waals surface area (Å²) in [7, 11) is 0. The highest BCUT2D eigenvalue weighted by molar-refractivity contribution is 5.92. The molecule has 0 fully saturated rings. The van der Waals surface area contributed by atoms with Crippen molar-refractivity contribution in [3.63, 3.8) is 0 Å². The molecule has 0 unspecified atom stereocenters. The third kappa shape index (κ3) is 4.05. The summed E-state index contributed by atoms with van der Waals surface area (Å²) in [6, 6.07) is 11.9. The molecule has 0 aliphatic heterocycles. The van der Waals surface area contributed by atoms with Gasteiger partial charge in [-0.2, -0.15) is 0 Å². The number of nitrogens with zero attached hydrogens (tertiary/aromatic N) is 1. The van der Waals surface area contributed by atoms with Crippen LogP contribution >= 0.6 is 0 Å². The van der Waals surface area contributed by atoms with Crippen molar-refractivity contribution in [3.05, 3.63) is 63.7 Å². The Labute approximate surface area is 127 Å². The molecule has 2 aromatic carbocycles. The normalized spacial score (nSPS) is 10.1. The summed E-state index contributed by atoms with van der Waals surface area (Å²) in [5.41, 5.74) is 2.28. The third-order valence-electron chi connectivity index (χ3n) is 2.97. The van der Waals surface area contributed by atoms with Crippen LogP contribution in [0.3, 0.4) is 0 Å². The SMILES string of the molecule is Cc1cccc(NC(=O)COc2ccc(C)cc2[N+](=O)[O-])c1. The molecule has 0 radical (unpaired) electrons. The lowest BCUT2D eigenvalue weighted by molar-refractivity contribution is -0.385. The van der Waals surface area contributed by atoms with Crippen molar-refractivity contribution in [2.45, 2.75) is 13.8 Å². The summed E-state index contributed by atoms with van der Waals surface area (Å²) in [5, 5.41) is 13.7. The number of hydrogen-bond acceptors (Lipinski definition) is 4. The number of benzene rings is 2. The van der Waals surface area contributed by atoms with Gasteiger partial charge in [-0.1, -0.05) is 18.2 Å². The van der Waals surface area contributed by atoms with E-state index in [9.17, 15) is 14.9 Å². The molecule has 0 atom stereocenters. The minimum Gasteiger partial charge on any atom is -0.477 e. The van der Waals surface area contributed by atoms with Gasteiger partial charge in [-0.15, -0.1) is 0 Å². The zero-order valence-corrected chi connectivity index (χ0v) is 12.3. The van der Waals surface area contributed by atoms with Crippen molar-refractivity contribution in [2.75, 3.05) is 11.9 Å². The number of nitrogens with one attached hydrogen (secondary N) is 1. The molecule has 2 aromatic rings. The fraction of sp³-hybridized carbons (Fsp3) is 0.188. The largest absolute Gasteiger partial charge is 0.477 e. The molecule has 0 spiro atoms. The standard InChI is InChI=1S/C16H16N2O4/c1-11-4-3-5-13(8-11)17-16(19)10-22-15-7-6-12(2)9-14(15)18(20)21/h3-9H,10H2,1-2H3,(H,17,19). The molecule has 22 heavy (non-hydrogen) atoms. The fourth-order valence-electron chi connectivity index (χ4n) is 1.96. The maximum Gasteiger partial charge on any atom is 0.311 e. The maximum atomic E-state index is 11.8. The van der Waals surface area contributed by atoms with E-state index < -0.39 is 4.92 Å². The van der Waals surface area contributed by atoms with Crippen molar-refractivity contribution in [3.8, 4) is 5.75 Å². The van der Waals surface area contributed by atoms with Crippen molar-refractivity contribution in [1.82, 2.24) is 0 Å². The van der Waals surface area contributed by atoms with Gasteiger partial charge in [0.2, 0.25) is 0 Å². The maximum absolute atomic E-state index is 11.8. The fourth-order valence-corrected chi connectivity index (χ4v) is 1.96. The second-order valence-electron chi connectivity index (χ2n) is 4.93. The minimum absolute atomic E-state index is 0.0787. The second-order valence-corrected chi connectivity index (χ2v) is 4.93. The van der Waals surface area contributed by atoms with Gasteiger partial charge in [-0.3, -0.25) is 14.9 Å². The first-order valence-corrected chi connectivity index (χ1v) is 6.70. The van der Waals surface area contributed by atoms with Crippen LogP contribution in [0.1, 0.15) is 11.1 Å². The van der Waals surface area contributed by atoms with Crippen molar-refractivity contribution in [2.24, 2.45) is 0 Å². The highest BCUT2D eigenvalue weighted by atomic mass is 16.6. The second kappa shape index (κ2) is 6.71. The van der Waals surface area contributed by atoms with Crippen molar-refractivity contribution in [1.29, 1.82) is 0 Å². The van der Waals surface area contributed by atoms with Crippen LogP contribution in [0.25, 0.3) is 0 Å². The van der Waals surface area contributed by atoms with Gasteiger partial charge < -0.3 is 10.1 Å². The lowest BCUT2D eigenvalue weighted by atomic mass is 10.2. The van der Waals surface area contributed by atoms with Gasteiger partial charge in [-0.05, 0) is 43.2 Å². The van der Waals surface area contributed by atoms with E-state index in [1.165, 1.54) is 12.1 Å². The first kappa shape index (κ1) is 15.5. The molecule has 1 amide bonds. The van der Waals surface area contributed by atoms with E-state index in [1.54, 1.807) is 19.1 Å². The van der Waals surface area contributed by atoms with Crippen LogP contribution in [0.4, 0.5) is 11.4 Å². The molecule has 6 nitrogen and oxygen atoms in total. The molecule has 0 heterocycles. The van der Waals surface area contributed by atoms with Gasteiger partial charge >= 0.3 is 5.69 Å². The lowest BCUT2D eigenvalue weighted by Gasteiger charge is -2.08. The first-order valence-electron chi connectivity index (χ1n) is 6.70. The Bertz CT molecular complexity index is 713. The number of nitro groups is 1. The van der Waals surface area contributed by atoms with Crippen LogP contribution in [0, 0.1) is 24.0 Å². The molecule has 0 aliphatic carbocycles. The summed E-state index contributed by atoms with van der Waals surface area (Å²) in [6.45, 7) is 3.38. The van der Waals surface area contributed by atoms with E-state index in [1.807, 2.05) is 25.1 Å². The molecular weight excluding hydrogens is 284 g/mol. The van der Waals surface area contributed by atoms with Crippen LogP contribution < -0.4 is 10.1 Å². The Hall–Kier alpha value is -2.89. The lowest BCUT2D eigenvalue weighted by Crippen LogP contribution is -2.20. The number of amides is 1. The molecule has 0 aromatic heterocycles. The zero-order valence-electron chi connectivity index (χ0n) is 12.3. The molecule has 0 aliphatic rings. The summed E-state index contributed by atoms with van der Waals surface area (Å²) in [6.07, 6.45) is 0. The summed E-state index contributed by atoms with van der Waals surface area (Å²) in [4.78, 5) is 22.3. The molecule has 0 bridgehead atoms. The van der Waals surface area contributed by atoms with Crippen LogP contribution in [-0.4, -0.2) is 17.4 Å². The van der Waals surface area contributed by atoms with E-state index in [2.05, 4.69) is 5.32 Å². The quantitative estimate of drug-likeness (QED) is 0.679. The van der Waals surface area contributed by atoms with E-state index in [-0.39, 0.29) is 24.0 Å². The van der Waals surface area contributed by atoms with E-state index in [0.717, 1.165) is 11.1 Å². The Morgan fingerprint density at radius 2 is 1.91 bits per heavy atom. The van der Waals surface area contributed by atoms with Crippen LogP contribution in [0.5, 0.6) is 5.75 Å². The van der Waals surface area contributed by atoms with Gasteiger partial charge in [-0.25, -0.2) is 0 Å².